The molecule has 0 aromatic heterocycles. The lowest BCUT2D eigenvalue weighted by molar-refractivity contribution is 1.35. The van der Waals surface area contributed by atoms with E-state index in [9.17, 15) is 0 Å². The van der Waals surface area contributed by atoms with Gasteiger partial charge in [-0.15, -0.1) is 0 Å². The van der Waals surface area contributed by atoms with E-state index in [2.05, 4.69) is 26.9 Å². The van der Waals surface area contributed by atoms with Gasteiger partial charge in [0.15, 0.2) is 0 Å². The Morgan fingerprint density at radius 2 is 2.11 bits per heavy atom. The van der Waals surface area contributed by atoms with Crippen LogP contribution in [0.2, 0.25) is 6.82 Å². The van der Waals surface area contributed by atoms with Gasteiger partial charge in [0.2, 0.25) is 5.99 Å². The van der Waals surface area contributed by atoms with E-state index in [1.165, 1.54) is 5.75 Å². The topological polar surface area (TPSA) is 0 Å². The summed E-state index contributed by atoms with van der Waals surface area (Å²) in [4.78, 5) is 0. The Kier molecular flexibility index (Phi) is 6.01. The summed E-state index contributed by atoms with van der Waals surface area (Å²) in [6, 6.07) is 0. The Labute approximate surface area is 67.5 Å². The maximum Gasteiger partial charge on any atom is 0.218 e. The van der Waals surface area contributed by atoms with Crippen LogP contribution in [0.15, 0.2) is 0 Å². The van der Waals surface area contributed by atoms with Gasteiger partial charge in [-0.1, -0.05) is 20.7 Å². The summed E-state index contributed by atoms with van der Waals surface area (Å²) in [7, 11) is 0. The summed E-state index contributed by atoms with van der Waals surface area (Å²) in [6.45, 7) is 6.81. The van der Waals surface area contributed by atoms with Gasteiger partial charge in [0.25, 0.3) is 0 Å². The maximum atomic E-state index is 2.30. The monoisotopic (exact) mass is 162 g/mol. The Morgan fingerprint density at radius 3 is 2.44 bits per heavy atom. The van der Waals surface area contributed by atoms with Crippen LogP contribution in [0, 0.1) is 0 Å². The highest BCUT2D eigenvalue weighted by Crippen LogP contribution is 2.18. The van der Waals surface area contributed by atoms with Crippen LogP contribution in [-0.4, -0.2) is 23.1 Å². The lowest BCUT2D eigenvalue weighted by atomic mass is 9.76. The highest BCUT2D eigenvalue weighted by Gasteiger charge is 2.13. The smallest absolute Gasteiger partial charge is 0.212 e. The van der Waals surface area contributed by atoms with E-state index in [1.807, 2.05) is 23.4 Å². The molecule has 0 bridgehead atoms. The molecule has 0 fully saturated rings. The fourth-order valence-electron chi connectivity index (χ4n) is 0.590. The molecule has 0 aliphatic carbocycles. The normalized spacial score (nSPS) is 13.3. The van der Waals surface area contributed by atoms with Crippen LogP contribution in [0.1, 0.15) is 13.8 Å². The van der Waals surface area contributed by atoms with Crippen LogP contribution in [0.25, 0.3) is 0 Å². The molecule has 9 heavy (non-hydrogen) atoms. The molecule has 1 atom stereocenters. The summed E-state index contributed by atoms with van der Waals surface area (Å²) in [5, 5.41) is 0.810. The first-order chi connectivity index (χ1) is 4.22. The minimum absolute atomic E-state index is 0.801. The van der Waals surface area contributed by atoms with Gasteiger partial charge in [-0.2, -0.15) is 11.8 Å². The number of thioether (sulfide) groups is 1. The van der Waals surface area contributed by atoms with Crippen LogP contribution in [-0.2, 0) is 0 Å². The van der Waals surface area contributed by atoms with Gasteiger partial charge >= 0.3 is 0 Å². The number of rotatable bonds is 4. The number of hydrogen-bond acceptors (Lipinski definition) is 2. The average molecular weight is 162 g/mol. The maximum absolute atomic E-state index is 2.30. The second kappa shape index (κ2) is 5.54. The molecule has 0 nitrogen and oxygen atoms in total. The van der Waals surface area contributed by atoms with Gasteiger partial charge < -0.3 is 0 Å². The van der Waals surface area contributed by atoms with Crippen LogP contribution >= 0.6 is 23.4 Å². The predicted octanol–water partition coefficient (Wildman–Crippen LogP) is 2.65. The zero-order valence-corrected chi connectivity index (χ0v) is 8.31. The molecule has 0 aliphatic heterocycles. The van der Waals surface area contributed by atoms with Crippen LogP contribution in [0.5, 0.6) is 0 Å². The predicted molar refractivity (Wildman–Crippen MR) is 52.7 cm³/mol. The first-order valence-electron chi connectivity index (χ1n) is 3.36. The molecule has 0 saturated heterocycles. The molecule has 0 heterocycles. The fraction of sp³-hybridized carbons (Fsp3) is 1.00. The second-order valence-corrected chi connectivity index (χ2v) is 4.97. The van der Waals surface area contributed by atoms with Crippen molar-refractivity contribution in [2.75, 3.05) is 12.0 Å². The van der Waals surface area contributed by atoms with Crippen molar-refractivity contribution in [3.63, 3.8) is 0 Å². The Morgan fingerprint density at radius 1 is 1.56 bits per heavy atom. The minimum atomic E-state index is 0.801. The van der Waals surface area contributed by atoms with Crippen molar-refractivity contribution in [3.05, 3.63) is 0 Å². The molecule has 0 spiro atoms. The van der Waals surface area contributed by atoms with E-state index in [4.69, 9.17) is 0 Å². The summed E-state index contributed by atoms with van der Waals surface area (Å²) in [6.07, 6.45) is 2.18. The summed E-state index contributed by atoms with van der Waals surface area (Å²) < 4.78 is 0. The highest BCUT2D eigenvalue weighted by molar-refractivity contribution is 8.27. The summed E-state index contributed by atoms with van der Waals surface area (Å²) in [5.74, 6) is 2.04. The lowest BCUT2D eigenvalue weighted by Crippen LogP contribution is -2.17. The van der Waals surface area contributed by atoms with Crippen molar-refractivity contribution in [1.29, 1.82) is 0 Å². The molecule has 54 valence electrons. The molecule has 1 unspecified atom stereocenters. The van der Waals surface area contributed by atoms with Gasteiger partial charge in [0.1, 0.15) is 0 Å². The Balaban J connectivity index is 3.32. The van der Waals surface area contributed by atoms with E-state index in [0.717, 1.165) is 11.1 Å². The highest BCUT2D eigenvalue weighted by atomic mass is 32.2. The standard InChI is InChI=1S/C6H15BS2/c1-5-9-6(2)7(3)8-4/h6H,5H2,1-4H3. The average Bonchev–Trinajstić information content (AvgIpc) is 1.87. The molecule has 0 rings (SSSR count). The Hall–Kier alpha value is 0.765. The van der Waals surface area contributed by atoms with Crippen LogP contribution in [0.3, 0.4) is 0 Å². The molecule has 0 amide bonds. The van der Waals surface area contributed by atoms with Crippen molar-refractivity contribution in [2.45, 2.75) is 25.8 Å². The third-order valence-electron chi connectivity index (χ3n) is 1.46. The van der Waals surface area contributed by atoms with Crippen molar-refractivity contribution in [3.8, 4) is 0 Å². The molecule has 3 heteroatoms. The minimum Gasteiger partial charge on any atom is -0.212 e. The molecular formula is C6H15BS2. The summed E-state index contributed by atoms with van der Waals surface area (Å²) >= 11 is 4.00. The lowest BCUT2D eigenvalue weighted by Gasteiger charge is -2.12. The number of hydrogen-bond donors (Lipinski definition) is 0. The molecule has 0 aromatic rings. The SMILES string of the molecule is CCSC(C)B(C)SC. The third-order valence-corrected chi connectivity index (χ3v) is 4.05. The van der Waals surface area contributed by atoms with Crippen molar-refractivity contribution in [1.82, 2.24) is 0 Å². The van der Waals surface area contributed by atoms with E-state index >= 15 is 0 Å². The molecular weight excluding hydrogens is 147 g/mol. The van der Waals surface area contributed by atoms with Crippen LogP contribution in [0.4, 0.5) is 0 Å². The first kappa shape index (κ1) is 9.76. The van der Waals surface area contributed by atoms with E-state index in [0.29, 0.717) is 0 Å². The molecule has 0 saturated carbocycles. The Bertz CT molecular complexity index is 68.1. The summed E-state index contributed by atoms with van der Waals surface area (Å²) in [5.41, 5.74) is 0. The molecule has 0 aliphatic rings. The zero-order chi connectivity index (χ0) is 7.28. The molecule has 0 aromatic carbocycles. The zero-order valence-electron chi connectivity index (χ0n) is 6.68. The second-order valence-electron chi connectivity index (χ2n) is 2.10. The first-order valence-corrected chi connectivity index (χ1v) is 5.70. The van der Waals surface area contributed by atoms with Gasteiger partial charge in [-0.25, -0.2) is 11.6 Å². The van der Waals surface area contributed by atoms with Gasteiger partial charge in [0, 0.05) is 0 Å². The van der Waals surface area contributed by atoms with E-state index in [-0.39, 0.29) is 0 Å². The van der Waals surface area contributed by atoms with E-state index in [1.54, 1.807) is 0 Å². The molecule has 0 radical (unpaired) electrons. The van der Waals surface area contributed by atoms with Crippen molar-refractivity contribution < 1.29 is 0 Å². The van der Waals surface area contributed by atoms with Crippen LogP contribution < -0.4 is 0 Å². The molecule has 0 N–H and O–H groups in total. The van der Waals surface area contributed by atoms with E-state index < -0.39 is 0 Å². The fourth-order valence-corrected chi connectivity index (χ4v) is 2.34. The van der Waals surface area contributed by atoms with Crippen molar-refractivity contribution >= 4 is 29.4 Å². The van der Waals surface area contributed by atoms with Crippen molar-refractivity contribution in [2.24, 2.45) is 0 Å². The quantitative estimate of drug-likeness (QED) is 0.583. The third kappa shape index (κ3) is 4.21. The van der Waals surface area contributed by atoms with Gasteiger partial charge in [-0.05, 0) is 17.2 Å². The van der Waals surface area contributed by atoms with Gasteiger partial charge in [-0.3, -0.25) is 0 Å². The largest absolute Gasteiger partial charge is 0.218 e. The van der Waals surface area contributed by atoms with Gasteiger partial charge in [0.05, 0.1) is 0 Å².